The number of aliphatic imine (C=N–C) groups is 1. The van der Waals surface area contributed by atoms with E-state index in [1.807, 2.05) is 30.3 Å². The average molecular weight is 707 g/mol. The first-order chi connectivity index (χ1) is 27.1. The van der Waals surface area contributed by atoms with E-state index in [0.717, 1.165) is 105 Å². The van der Waals surface area contributed by atoms with Crippen molar-refractivity contribution in [2.45, 2.75) is 13.8 Å². The number of nitrogens with zero attached hydrogens (tertiary/aromatic N) is 2. The van der Waals surface area contributed by atoms with Gasteiger partial charge in [-0.25, -0.2) is 0 Å². The Morgan fingerprint density at radius 1 is 0.473 bits per heavy atom. The van der Waals surface area contributed by atoms with Crippen molar-refractivity contribution >= 4 is 77.1 Å². The maximum Gasteiger partial charge on any atom is 0.143 e. The number of hydrogen-bond donors (Lipinski definition) is 0. The molecular formula is C51H34N2O2. The molecule has 11 rings (SSSR count). The monoisotopic (exact) mass is 706 g/mol. The number of rotatable bonds is 5. The van der Waals surface area contributed by atoms with Gasteiger partial charge in [0.1, 0.15) is 22.3 Å². The number of benzene rings is 8. The third-order valence-electron chi connectivity index (χ3n) is 11.1. The van der Waals surface area contributed by atoms with E-state index in [1.54, 1.807) is 0 Å². The molecule has 0 N–H and O–H groups in total. The maximum atomic E-state index is 6.50. The summed E-state index contributed by atoms with van der Waals surface area (Å²) in [5.41, 5.74) is 15.6. The van der Waals surface area contributed by atoms with Crippen LogP contribution in [0.25, 0.3) is 93.6 Å². The molecule has 0 fully saturated rings. The molecule has 0 aliphatic rings. The van der Waals surface area contributed by atoms with E-state index in [4.69, 9.17) is 13.8 Å². The second-order valence-corrected chi connectivity index (χ2v) is 14.4. The van der Waals surface area contributed by atoms with Crippen LogP contribution in [0.2, 0.25) is 0 Å². The smallest absolute Gasteiger partial charge is 0.143 e. The lowest BCUT2D eigenvalue weighted by Gasteiger charge is -2.10. The highest BCUT2D eigenvalue weighted by Crippen LogP contribution is 2.42. The third-order valence-corrected chi connectivity index (χ3v) is 11.1. The van der Waals surface area contributed by atoms with E-state index in [0.29, 0.717) is 0 Å². The zero-order valence-electron chi connectivity index (χ0n) is 30.4. The molecule has 4 heteroatoms. The van der Waals surface area contributed by atoms with Gasteiger partial charge in [0.2, 0.25) is 0 Å². The van der Waals surface area contributed by atoms with Gasteiger partial charge in [0.05, 0.1) is 16.7 Å². The molecule has 0 radical (unpaired) electrons. The van der Waals surface area contributed by atoms with Crippen LogP contribution in [0, 0.1) is 6.92 Å². The lowest BCUT2D eigenvalue weighted by atomic mass is 9.98. The van der Waals surface area contributed by atoms with Gasteiger partial charge in [0, 0.05) is 54.8 Å². The predicted octanol–water partition coefficient (Wildman–Crippen LogP) is 14.4. The van der Waals surface area contributed by atoms with Crippen molar-refractivity contribution in [2.75, 3.05) is 0 Å². The van der Waals surface area contributed by atoms with Gasteiger partial charge in [-0.15, -0.1) is 0 Å². The Bertz CT molecular complexity index is 3170. The fraction of sp³-hybridized carbons (Fsp3) is 0.0392. The van der Waals surface area contributed by atoms with Gasteiger partial charge in [-0.3, -0.25) is 4.99 Å². The van der Waals surface area contributed by atoms with Crippen LogP contribution in [-0.4, -0.2) is 10.3 Å². The number of fused-ring (bicyclic) bond motifs is 9. The average Bonchev–Trinajstić information content (AvgIpc) is 3.91. The van der Waals surface area contributed by atoms with Crippen LogP contribution in [-0.2, 0) is 0 Å². The van der Waals surface area contributed by atoms with E-state index >= 15 is 0 Å². The lowest BCUT2D eigenvalue weighted by molar-refractivity contribution is 0.669. The molecular weight excluding hydrogens is 673 g/mol. The van der Waals surface area contributed by atoms with Gasteiger partial charge < -0.3 is 13.4 Å². The van der Waals surface area contributed by atoms with Crippen LogP contribution in [0.15, 0.2) is 184 Å². The Balaban J connectivity index is 1.11. The molecule has 0 atom stereocenters. The number of aryl methyl sites for hydroxylation is 1. The van der Waals surface area contributed by atoms with Crippen LogP contribution in [0.3, 0.4) is 0 Å². The molecule has 4 nitrogen and oxygen atoms in total. The molecule has 0 bridgehead atoms. The molecule has 55 heavy (non-hydrogen) atoms. The Kier molecular flexibility index (Phi) is 6.95. The quantitative estimate of drug-likeness (QED) is 0.167. The largest absolute Gasteiger partial charge is 0.455 e. The van der Waals surface area contributed by atoms with Gasteiger partial charge in [-0.1, -0.05) is 115 Å². The summed E-state index contributed by atoms with van der Waals surface area (Å²) >= 11 is 0. The first-order valence-corrected chi connectivity index (χ1v) is 18.7. The first kappa shape index (κ1) is 31.4. The van der Waals surface area contributed by atoms with Crippen molar-refractivity contribution in [3.05, 3.63) is 181 Å². The van der Waals surface area contributed by atoms with Crippen molar-refractivity contribution in [3.63, 3.8) is 0 Å². The third kappa shape index (κ3) is 4.95. The summed E-state index contributed by atoms with van der Waals surface area (Å²) in [7, 11) is 0. The van der Waals surface area contributed by atoms with Crippen LogP contribution in [0.4, 0.5) is 5.69 Å². The van der Waals surface area contributed by atoms with Gasteiger partial charge in [-0.2, -0.15) is 0 Å². The molecule has 0 saturated heterocycles. The van der Waals surface area contributed by atoms with E-state index in [9.17, 15) is 0 Å². The van der Waals surface area contributed by atoms with Crippen LogP contribution >= 0.6 is 0 Å². The number of furan rings is 2. The molecule has 260 valence electrons. The predicted molar refractivity (Wildman–Crippen MR) is 229 cm³/mol. The highest BCUT2D eigenvalue weighted by Gasteiger charge is 2.19. The van der Waals surface area contributed by atoms with Crippen LogP contribution in [0.1, 0.15) is 18.1 Å². The minimum Gasteiger partial charge on any atom is -0.455 e. The Morgan fingerprint density at radius 3 is 1.55 bits per heavy atom. The lowest BCUT2D eigenvalue weighted by Crippen LogP contribution is -1.98. The van der Waals surface area contributed by atoms with Gasteiger partial charge in [0.25, 0.3) is 0 Å². The van der Waals surface area contributed by atoms with Crippen molar-refractivity contribution in [3.8, 4) is 27.9 Å². The standard InChI is InChI=1S/C51H34N2O2/c1-31-11-3-6-18-45(31)52-32(2)33-21-25-36(26-22-33)53-46-27-23-34(37-14-9-16-41-39-12-4-7-19-48(39)54-50(37)41)29-43(46)44-30-35(24-28-47(44)53)38-15-10-17-42-40-13-5-8-20-49(40)55-51(38)42/h3-30H,1-2H3. The molecule has 11 aromatic rings. The fourth-order valence-corrected chi connectivity index (χ4v) is 8.37. The SMILES string of the molecule is CC(=Nc1ccccc1C)c1ccc(-n2c3ccc(-c4cccc5c4oc4ccccc45)cc3c3cc(-c4cccc5c4oc4ccccc45)ccc32)cc1. The minimum atomic E-state index is 0.898. The molecule has 0 aliphatic heterocycles. The topological polar surface area (TPSA) is 43.6 Å². The van der Waals surface area contributed by atoms with Crippen molar-refractivity contribution in [1.82, 2.24) is 4.57 Å². The second-order valence-electron chi connectivity index (χ2n) is 14.4. The number of hydrogen-bond acceptors (Lipinski definition) is 3. The summed E-state index contributed by atoms with van der Waals surface area (Å²) < 4.78 is 15.4. The normalized spacial score (nSPS) is 12.3. The van der Waals surface area contributed by atoms with Crippen molar-refractivity contribution in [1.29, 1.82) is 0 Å². The minimum absolute atomic E-state index is 0.898. The molecule has 0 aliphatic carbocycles. The van der Waals surface area contributed by atoms with Crippen LogP contribution in [0.5, 0.6) is 0 Å². The number of aromatic nitrogens is 1. The molecule has 0 saturated carbocycles. The van der Waals surface area contributed by atoms with Gasteiger partial charge >= 0.3 is 0 Å². The highest BCUT2D eigenvalue weighted by molar-refractivity contribution is 6.15. The molecule has 3 aromatic heterocycles. The fourth-order valence-electron chi connectivity index (χ4n) is 8.37. The molecule has 3 heterocycles. The van der Waals surface area contributed by atoms with Gasteiger partial charge in [0.15, 0.2) is 0 Å². The molecule has 0 unspecified atom stereocenters. The summed E-state index contributed by atoms with van der Waals surface area (Å²) in [6, 6.07) is 60.1. The van der Waals surface area contributed by atoms with Crippen LogP contribution < -0.4 is 0 Å². The van der Waals surface area contributed by atoms with E-state index in [-0.39, 0.29) is 0 Å². The summed E-state index contributed by atoms with van der Waals surface area (Å²) in [6.45, 7) is 4.18. The Hall–Kier alpha value is -7.17. The van der Waals surface area contributed by atoms with E-state index in [1.165, 1.54) is 10.8 Å². The van der Waals surface area contributed by atoms with Gasteiger partial charge in [-0.05, 0) is 90.7 Å². The second kappa shape index (κ2) is 12.2. The maximum absolute atomic E-state index is 6.50. The molecule has 8 aromatic carbocycles. The van der Waals surface area contributed by atoms with Crippen molar-refractivity contribution < 1.29 is 8.83 Å². The highest BCUT2D eigenvalue weighted by atomic mass is 16.3. The Labute approximate surface area is 317 Å². The summed E-state index contributed by atoms with van der Waals surface area (Å²) in [4.78, 5) is 4.96. The zero-order valence-corrected chi connectivity index (χ0v) is 30.4. The summed E-state index contributed by atoms with van der Waals surface area (Å²) in [5.74, 6) is 0. The van der Waals surface area contributed by atoms with Crippen molar-refractivity contribution in [2.24, 2.45) is 4.99 Å². The van der Waals surface area contributed by atoms with E-state index in [2.05, 4.69) is 158 Å². The summed E-state index contributed by atoms with van der Waals surface area (Å²) in [5, 5.41) is 6.84. The van der Waals surface area contributed by atoms with E-state index < -0.39 is 0 Å². The molecule has 0 amide bonds. The summed E-state index contributed by atoms with van der Waals surface area (Å²) in [6.07, 6.45) is 0. The first-order valence-electron chi connectivity index (χ1n) is 18.7. The number of para-hydroxylation sites is 5. The molecule has 0 spiro atoms. The Morgan fingerprint density at radius 2 is 0.982 bits per heavy atom. The zero-order chi connectivity index (χ0) is 36.6.